The molecule has 0 amide bonds. The quantitative estimate of drug-likeness (QED) is 0.691. The third kappa shape index (κ3) is 1.84. The van der Waals surface area contributed by atoms with E-state index >= 15 is 0 Å². The van der Waals surface area contributed by atoms with Gasteiger partial charge in [-0.15, -0.1) is 0 Å². The molecule has 1 heterocycles. The lowest BCUT2D eigenvalue weighted by molar-refractivity contribution is 0.861. The van der Waals surface area contributed by atoms with E-state index in [0.29, 0.717) is 0 Å². The molecule has 0 unspecified atom stereocenters. The SMILES string of the molecule is Cc1ccccc1-c1ccn(C)c(=O)c1. The average Bonchev–Trinajstić information content (AvgIpc) is 2.23. The number of hydrogen-bond acceptors (Lipinski definition) is 1. The second-order valence-electron chi connectivity index (χ2n) is 3.68. The van der Waals surface area contributed by atoms with Crippen molar-refractivity contribution in [2.24, 2.45) is 7.05 Å². The summed E-state index contributed by atoms with van der Waals surface area (Å²) in [5, 5.41) is 0. The Morgan fingerprint density at radius 3 is 2.53 bits per heavy atom. The second-order valence-corrected chi connectivity index (χ2v) is 3.68. The monoisotopic (exact) mass is 199 g/mol. The highest BCUT2D eigenvalue weighted by atomic mass is 16.1. The molecule has 0 aliphatic rings. The zero-order chi connectivity index (χ0) is 10.8. The van der Waals surface area contributed by atoms with Gasteiger partial charge in [0, 0.05) is 19.3 Å². The maximum Gasteiger partial charge on any atom is 0.250 e. The second kappa shape index (κ2) is 3.73. The van der Waals surface area contributed by atoms with Gasteiger partial charge in [-0.05, 0) is 29.7 Å². The van der Waals surface area contributed by atoms with Gasteiger partial charge in [-0.25, -0.2) is 0 Å². The number of aromatic nitrogens is 1. The van der Waals surface area contributed by atoms with E-state index in [9.17, 15) is 4.79 Å². The van der Waals surface area contributed by atoms with Gasteiger partial charge in [-0.3, -0.25) is 4.79 Å². The zero-order valence-corrected chi connectivity index (χ0v) is 8.90. The summed E-state index contributed by atoms with van der Waals surface area (Å²) in [6.45, 7) is 2.05. The van der Waals surface area contributed by atoms with Crippen molar-refractivity contribution >= 4 is 0 Å². The van der Waals surface area contributed by atoms with E-state index in [4.69, 9.17) is 0 Å². The van der Waals surface area contributed by atoms with Gasteiger partial charge in [0.25, 0.3) is 5.56 Å². The Morgan fingerprint density at radius 2 is 1.87 bits per heavy atom. The Bertz CT molecular complexity index is 540. The van der Waals surface area contributed by atoms with Crippen LogP contribution in [0.3, 0.4) is 0 Å². The van der Waals surface area contributed by atoms with Crippen LogP contribution in [0.2, 0.25) is 0 Å². The number of pyridine rings is 1. The Balaban J connectivity index is 2.60. The molecule has 0 bridgehead atoms. The minimum absolute atomic E-state index is 0.0238. The van der Waals surface area contributed by atoms with Crippen molar-refractivity contribution in [2.45, 2.75) is 6.92 Å². The van der Waals surface area contributed by atoms with Crippen molar-refractivity contribution in [3.8, 4) is 11.1 Å². The number of nitrogens with zero attached hydrogens (tertiary/aromatic N) is 1. The minimum Gasteiger partial charge on any atom is -0.319 e. The molecule has 76 valence electrons. The highest BCUT2D eigenvalue weighted by molar-refractivity contribution is 5.66. The Hall–Kier alpha value is -1.83. The van der Waals surface area contributed by atoms with Crippen LogP contribution in [0.1, 0.15) is 5.56 Å². The molecule has 0 N–H and O–H groups in total. The first kappa shape index (κ1) is 9.71. The van der Waals surface area contributed by atoms with Gasteiger partial charge in [0.2, 0.25) is 0 Å². The molecule has 0 aliphatic heterocycles. The number of benzene rings is 1. The van der Waals surface area contributed by atoms with Crippen LogP contribution in [0, 0.1) is 6.92 Å². The van der Waals surface area contributed by atoms with E-state index in [2.05, 4.69) is 0 Å². The molecule has 0 saturated heterocycles. The van der Waals surface area contributed by atoms with Crippen LogP contribution in [0.25, 0.3) is 11.1 Å². The van der Waals surface area contributed by atoms with E-state index in [0.717, 1.165) is 11.1 Å². The van der Waals surface area contributed by atoms with Gasteiger partial charge in [-0.1, -0.05) is 24.3 Å². The molecule has 1 aromatic heterocycles. The van der Waals surface area contributed by atoms with Crippen molar-refractivity contribution in [2.75, 3.05) is 0 Å². The van der Waals surface area contributed by atoms with Crippen LogP contribution < -0.4 is 5.56 Å². The molecule has 0 radical (unpaired) electrons. The van der Waals surface area contributed by atoms with Gasteiger partial charge in [0.05, 0.1) is 0 Å². The van der Waals surface area contributed by atoms with Crippen molar-refractivity contribution in [1.29, 1.82) is 0 Å². The maximum atomic E-state index is 11.5. The topological polar surface area (TPSA) is 22.0 Å². The summed E-state index contributed by atoms with van der Waals surface area (Å²) in [6.07, 6.45) is 1.80. The van der Waals surface area contributed by atoms with Crippen molar-refractivity contribution in [1.82, 2.24) is 4.57 Å². The summed E-state index contributed by atoms with van der Waals surface area (Å²) < 4.78 is 1.57. The van der Waals surface area contributed by atoms with Crippen LogP contribution in [-0.4, -0.2) is 4.57 Å². The third-order valence-corrected chi connectivity index (χ3v) is 2.56. The first-order valence-corrected chi connectivity index (χ1v) is 4.91. The van der Waals surface area contributed by atoms with E-state index in [1.807, 2.05) is 37.3 Å². The molecule has 0 fully saturated rings. The molecule has 0 saturated carbocycles. The molecule has 2 aromatic rings. The van der Waals surface area contributed by atoms with Crippen molar-refractivity contribution < 1.29 is 0 Å². The minimum atomic E-state index is 0.0238. The molecular weight excluding hydrogens is 186 g/mol. The predicted molar refractivity (Wildman–Crippen MR) is 61.9 cm³/mol. The highest BCUT2D eigenvalue weighted by Gasteiger charge is 2.01. The number of aryl methyl sites for hydroxylation is 2. The molecule has 0 atom stereocenters. The summed E-state index contributed by atoms with van der Waals surface area (Å²) in [7, 11) is 1.75. The van der Waals surface area contributed by atoms with Crippen LogP contribution in [0.4, 0.5) is 0 Å². The fourth-order valence-electron chi connectivity index (χ4n) is 1.61. The Labute approximate surface area is 88.8 Å². The molecule has 2 nitrogen and oxygen atoms in total. The maximum absolute atomic E-state index is 11.5. The van der Waals surface area contributed by atoms with Gasteiger partial charge in [0.15, 0.2) is 0 Å². The fourth-order valence-corrected chi connectivity index (χ4v) is 1.61. The lowest BCUT2D eigenvalue weighted by Crippen LogP contribution is -2.14. The van der Waals surface area contributed by atoms with Gasteiger partial charge < -0.3 is 4.57 Å². The fraction of sp³-hybridized carbons (Fsp3) is 0.154. The van der Waals surface area contributed by atoms with Crippen LogP contribution >= 0.6 is 0 Å². The largest absolute Gasteiger partial charge is 0.319 e. The average molecular weight is 199 g/mol. The zero-order valence-electron chi connectivity index (χ0n) is 8.90. The first-order valence-electron chi connectivity index (χ1n) is 4.91. The molecule has 2 heteroatoms. The summed E-state index contributed by atoms with van der Waals surface area (Å²) >= 11 is 0. The Kier molecular flexibility index (Phi) is 2.42. The van der Waals surface area contributed by atoms with Crippen LogP contribution in [0.15, 0.2) is 47.4 Å². The molecule has 15 heavy (non-hydrogen) atoms. The first-order chi connectivity index (χ1) is 7.18. The predicted octanol–water partition coefficient (Wildman–Crippen LogP) is 2.36. The van der Waals surface area contributed by atoms with Crippen LogP contribution in [-0.2, 0) is 7.05 Å². The highest BCUT2D eigenvalue weighted by Crippen LogP contribution is 2.20. The standard InChI is InChI=1S/C13H13NO/c1-10-5-3-4-6-12(10)11-7-8-14(2)13(15)9-11/h3-9H,1-2H3. The lowest BCUT2D eigenvalue weighted by atomic mass is 10.0. The van der Waals surface area contributed by atoms with E-state index in [1.54, 1.807) is 23.9 Å². The molecular formula is C13H13NO. The van der Waals surface area contributed by atoms with E-state index < -0.39 is 0 Å². The molecule has 1 aromatic carbocycles. The summed E-state index contributed by atoms with van der Waals surface area (Å²) in [4.78, 5) is 11.5. The van der Waals surface area contributed by atoms with Gasteiger partial charge in [0.1, 0.15) is 0 Å². The Morgan fingerprint density at radius 1 is 1.13 bits per heavy atom. The van der Waals surface area contributed by atoms with E-state index in [-0.39, 0.29) is 5.56 Å². The normalized spacial score (nSPS) is 10.3. The number of rotatable bonds is 1. The lowest BCUT2D eigenvalue weighted by Gasteiger charge is -2.05. The van der Waals surface area contributed by atoms with Crippen LogP contribution in [0.5, 0.6) is 0 Å². The molecule has 0 spiro atoms. The van der Waals surface area contributed by atoms with Crippen molar-refractivity contribution in [3.63, 3.8) is 0 Å². The van der Waals surface area contributed by atoms with E-state index in [1.165, 1.54) is 5.56 Å². The van der Waals surface area contributed by atoms with Crippen molar-refractivity contribution in [3.05, 3.63) is 58.5 Å². The summed E-state index contributed by atoms with van der Waals surface area (Å²) in [5.74, 6) is 0. The summed E-state index contributed by atoms with van der Waals surface area (Å²) in [5.41, 5.74) is 3.31. The smallest absolute Gasteiger partial charge is 0.250 e. The number of hydrogen-bond donors (Lipinski definition) is 0. The summed E-state index contributed by atoms with van der Waals surface area (Å²) in [6, 6.07) is 11.7. The third-order valence-electron chi connectivity index (χ3n) is 2.56. The molecule has 0 aliphatic carbocycles. The molecule has 2 rings (SSSR count). The van der Waals surface area contributed by atoms with Gasteiger partial charge in [-0.2, -0.15) is 0 Å². The van der Waals surface area contributed by atoms with Gasteiger partial charge >= 0.3 is 0 Å².